The summed E-state index contributed by atoms with van der Waals surface area (Å²) >= 11 is 3.43. The average Bonchev–Trinajstić information content (AvgIpc) is 3.12. The van der Waals surface area contributed by atoms with E-state index in [1.165, 1.54) is 20.9 Å². The van der Waals surface area contributed by atoms with E-state index in [0.717, 1.165) is 30.4 Å². The van der Waals surface area contributed by atoms with Gasteiger partial charge >= 0.3 is 0 Å². The first-order valence-corrected chi connectivity index (χ1v) is 9.88. The molecule has 1 aliphatic rings. The quantitative estimate of drug-likeness (QED) is 0.600. The fourth-order valence-corrected chi connectivity index (χ4v) is 4.77. The van der Waals surface area contributed by atoms with E-state index in [1.54, 1.807) is 22.7 Å². The Hall–Kier alpha value is -1.45. The van der Waals surface area contributed by atoms with E-state index in [1.807, 2.05) is 0 Å². The van der Waals surface area contributed by atoms with Crippen molar-refractivity contribution in [2.45, 2.75) is 40.0 Å². The number of thiophene rings is 2. The minimum Gasteiger partial charge on any atom is -0.289 e. The lowest BCUT2D eigenvalue weighted by Crippen LogP contribution is -2.19. The van der Waals surface area contributed by atoms with Gasteiger partial charge in [0.2, 0.25) is 0 Å². The van der Waals surface area contributed by atoms with Gasteiger partial charge in [0.05, 0.1) is 0 Å². The number of rotatable bonds is 3. The Kier molecular flexibility index (Phi) is 4.98. The third-order valence-electron chi connectivity index (χ3n) is 4.59. The summed E-state index contributed by atoms with van der Waals surface area (Å²) < 4.78 is 0. The van der Waals surface area contributed by atoms with Crippen LogP contribution >= 0.6 is 22.7 Å². The summed E-state index contributed by atoms with van der Waals surface area (Å²) in [5.74, 6) is 0.820. The standard InChI is InChI=1S/C20H22OS2/c1-4-15-9-16(11-18-13(2)5-7-22-18)20(21)17(10-15)12-19-14(3)6-8-23-19/h5-8,11-12,15H,4,9-10H2,1-3H3. The maximum absolute atomic E-state index is 12.9. The zero-order valence-corrected chi connectivity index (χ0v) is 15.5. The lowest BCUT2D eigenvalue weighted by atomic mass is 9.79. The summed E-state index contributed by atoms with van der Waals surface area (Å²) in [6.45, 7) is 6.45. The van der Waals surface area contributed by atoms with Crippen molar-refractivity contribution < 1.29 is 4.79 Å². The number of carbonyl (C=O) groups excluding carboxylic acids is 1. The highest BCUT2D eigenvalue weighted by Gasteiger charge is 2.27. The smallest absolute Gasteiger partial charge is 0.185 e. The van der Waals surface area contributed by atoms with Gasteiger partial charge < -0.3 is 0 Å². The van der Waals surface area contributed by atoms with E-state index >= 15 is 0 Å². The maximum Gasteiger partial charge on any atom is 0.185 e. The van der Waals surface area contributed by atoms with Crippen molar-refractivity contribution in [3.05, 3.63) is 54.9 Å². The molecule has 2 aromatic rings. The third-order valence-corrected chi connectivity index (χ3v) is 6.52. The lowest BCUT2D eigenvalue weighted by molar-refractivity contribution is -0.113. The van der Waals surface area contributed by atoms with Gasteiger partial charge in [0.25, 0.3) is 0 Å². The summed E-state index contributed by atoms with van der Waals surface area (Å²) in [6.07, 6.45) is 7.19. The van der Waals surface area contributed by atoms with Crippen LogP contribution in [0.2, 0.25) is 0 Å². The van der Waals surface area contributed by atoms with Gasteiger partial charge in [0, 0.05) is 20.9 Å². The SMILES string of the molecule is CCC1CC(=Cc2sccc2C)C(=O)C(=Cc2sccc2C)C1. The molecule has 0 spiro atoms. The molecule has 1 nitrogen and oxygen atoms in total. The zero-order chi connectivity index (χ0) is 16.4. The topological polar surface area (TPSA) is 17.1 Å². The van der Waals surface area contributed by atoms with E-state index in [9.17, 15) is 4.79 Å². The first-order chi connectivity index (χ1) is 11.1. The number of aryl methyl sites for hydroxylation is 2. The van der Waals surface area contributed by atoms with Crippen LogP contribution in [0, 0.1) is 19.8 Å². The third kappa shape index (κ3) is 3.56. The van der Waals surface area contributed by atoms with Crippen molar-refractivity contribution in [3.63, 3.8) is 0 Å². The van der Waals surface area contributed by atoms with Crippen molar-refractivity contribution >= 4 is 40.6 Å². The number of Topliss-reactive ketones (excluding diaryl/α,β-unsaturated/α-hetero) is 1. The van der Waals surface area contributed by atoms with Crippen molar-refractivity contribution in [3.8, 4) is 0 Å². The number of hydrogen-bond donors (Lipinski definition) is 0. The maximum atomic E-state index is 12.9. The summed E-state index contributed by atoms with van der Waals surface area (Å²) in [4.78, 5) is 15.4. The van der Waals surface area contributed by atoms with Crippen molar-refractivity contribution in [2.75, 3.05) is 0 Å². The molecule has 0 atom stereocenters. The second-order valence-electron chi connectivity index (χ2n) is 6.29. The minimum absolute atomic E-state index is 0.246. The average molecular weight is 343 g/mol. The molecular weight excluding hydrogens is 320 g/mol. The molecule has 0 bridgehead atoms. The fourth-order valence-electron chi connectivity index (χ4n) is 3.00. The Balaban J connectivity index is 1.97. The van der Waals surface area contributed by atoms with E-state index < -0.39 is 0 Å². The Morgan fingerprint density at radius 2 is 1.48 bits per heavy atom. The summed E-state index contributed by atoms with van der Waals surface area (Å²) in [7, 11) is 0. The van der Waals surface area contributed by atoms with Crippen molar-refractivity contribution in [1.29, 1.82) is 0 Å². The summed E-state index contributed by atoms with van der Waals surface area (Å²) in [6, 6.07) is 4.24. The van der Waals surface area contributed by atoms with Crippen LogP contribution in [0.4, 0.5) is 0 Å². The second kappa shape index (κ2) is 6.98. The van der Waals surface area contributed by atoms with Crippen LogP contribution in [0.3, 0.4) is 0 Å². The minimum atomic E-state index is 0.246. The van der Waals surface area contributed by atoms with Gasteiger partial charge in [0.15, 0.2) is 5.78 Å². The zero-order valence-electron chi connectivity index (χ0n) is 13.9. The van der Waals surface area contributed by atoms with Gasteiger partial charge in [-0.25, -0.2) is 0 Å². The van der Waals surface area contributed by atoms with Gasteiger partial charge in [0.1, 0.15) is 0 Å². The molecular formula is C20H22OS2. The fraction of sp³-hybridized carbons (Fsp3) is 0.350. The van der Waals surface area contributed by atoms with E-state index in [0.29, 0.717) is 5.92 Å². The van der Waals surface area contributed by atoms with Crippen LogP contribution in [0.5, 0.6) is 0 Å². The molecule has 1 saturated carbocycles. The molecule has 0 N–H and O–H groups in total. The van der Waals surface area contributed by atoms with Crippen molar-refractivity contribution in [1.82, 2.24) is 0 Å². The first kappa shape index (κ1) is 16.4. The van der Waals surface area contributed by atoms with Crippen LogP contribution in [-0.2, 0) is 4.79 Å². The number of ketones is 1. The predicted molar refractivity (Wildman–Crippen MR) is 102 cm³/mol. The monoisotopic (exact) mass is 342 g/mol. The number of carbonyl (C=O) groups is 1. The molecule has 0 aromatic carbocycles. The molecule has 3 heteroatoms. The molecule has 0 radical (unpaired) electrons. The molecule has 0 unspecified atom stereocenters. The Labute approximate surface area is 146 Å². The van der Waals surface area contributed by atoms with Crippen LogP contribution in [0.1, 0.15) is 47.1 Å². The molecule has 0 aliphatic heterocycles. The lowest BCUT2D eigenvalue weighted by Gasteiger charge is -2.24. The second-order valence-corrected chi connectivity index (χ2v) is 8.18. The van der Waals surface area contributed by atoms with Gasteiger partial charge in [-0.2, -0.15) is 0 Å². The van der Waals surface area contributed by atoms with E-state index in [-0.39, 0.29) is 5.78 Å². The Morgan fingerprint density at radius 3 is 1.83 bits per heavy atom. The molecule has 3 rings (SSSR count). The predicted octanol–water partition coefficient (Wildman–Crippen LogP) is 6.28. The first-order valence-electron chi connectivity index (χ1n) is 8.12. The highest BCUT2D eigenvalue weighted by atomic mass is 32.1. The summed E-state index contributed by atoms with van der Waals surface area (Å²) in [5, 5.41) is 4.19. The van der Waals surface area contributed by atoms with Crippen LogP contribution in [0.15, 0.2) is 34.0 Å². The largest absolute Gasteiger partial charge is 0.289 e. The molecule has 2 heterocycles. The Morgan fingerprint density at radius 1 is 1.00 bits per heavy atom. The molecule has 23 heavy (non-hydrogen) atoms. The van der Waals surface area contributed by atoms with E-state index in [4.69, 9.17) is 0 Å². The van der Waals surface area contributed by atoms with Gasteiger partial charge in [-0.3, -0.25) is 4.79 Å². The normalized spacial score (nSPS) is 22.2. The van der Waals surface area contributed by atoms with E-state index in [2.05, 4.69) is 55.8 Å². The molecule has 0 saturated heterocycles. The number of allylic oxidation sites excluding steroid dienone is 2. The Bertz CT molecular complexity index is 711. The van der Waals surface area contributed by atoms with Gasteiger partial charge in [-0.15, -0.1) is 22.7 Å². The molecule has 1 fully saturated rings. The van der Waals surface area contributed by atoms with Crippen molar-refractivity contribution in [2.24, 2.45) is 5.92 Å². The highest BCUT2D eigenvalue weighted by molar-refractivity contribution is 7.11. The van der Waals surface area contributed by atoms with Crippen LogP contribution in [0.25, 0.3) is 12.2 Å². The molecule has 0 amide bonds. The highest BCUT2D eigenvalue weighted by Crippen LogP contribution is 2.35. The molecule has 1 aliphatic carbocycles. The molecule has 120 valence electrons. The van der Waals surface area contributed by atoms with Gasteiger partial charge in [-0.05, 0) is 78.8 Å². The van der Waals surface area contributed by atoms with Gasteiger partial charge in [-0.1, -0.05) is 13.3 Å². The molecule has 2 aromatic heterocycles. The van der Waals surface area contributed by atoms with Crippen LogP contribution < -0.4 is 0 Å². The summed E-state index contributed by atoms with van der Waals surface area (Å²) in [5.41, 5.74) is 4.48. The number of hydrogen-bond acceptors (Lipinski definition) is 3. The van der Waals surface area contributed by atoms with Crippen LogP contribution in [-0.4, -0.2) is 5.78 Å².